The Balaban J connectivity index is 1.68. The molecule has 29 heavy (non-hydrogen) atoms. The number of fused-ring (bicyclic) bond motifs is 2. The Hall–Kier alpha value is -2.85. The first kappa shape index (κ1) is 19.5. The molecule has 0 aromatic heterocycles. The first-order chi connectivity index (χ1) is 14.2. The van der Waals surface area contributed by atoms with Crippen LogP contribution in [0.4, 0.5) is 11.4 Å². The fourth-order valence-electron chi connectivity index (χ4n) is 4.15. The number of nitrogens with one attached hydrogen (secondary N) is 1. The van der Waals surface area contributed by atoms with Crippen molar-refractivity contribution in [2.45, 2.75) is 44.9 Å². The molecule has 0 radical (unpaired) electrons. The monoisotopic (exact) mass is 388 g/mol. The summed E-state index contributed by atoms with van der Waals surface area (Å²) in [6, 6.07) is 16.6. The van der Waals surface area contributed by atoms with Gasteiger partial charge in [0.2, 0.25) is 0 Å². The van der Waals surface area contributed by atoms with Crippen LogP contribution in [-0.2, 0) is 16.0 Å². The molecule has 0 amide bonds. The number of ether oxygens (including phenoxy) is 1. The third-order valence-corrected chi connectivity index (χ3v) is 5.70. The van der Waals surface area contributed by atoms with Crippen LogP contribution in [0.5, 0.6) is 0 Å². The number of allylic oxidation sites excluding steroid dienone is 3. The van der Waals surface area contributed by atoms with Crippen molar-refractivity contribution >= 4 is 17.3 Å². The van der Waals surface area contributed by atoms with Gasteiger partial charge in [-0.05, 0) is 50.1 Å². The van der Waals surface area contributed by atoms with E-state index in [1.54, 1.807) is 0 Å². The van der Waals surface area contributed by atoms with Crippen LogP contribution in [-0.4, -0.2) is 19.2 Å². The van der Waals surface area contributed by atoms with Crippen LogP contribution in [0, 0.1) is 0 Å². The SMILES string of the molecule is CNC(C)N1c2ccccc2C[C@H](OC(=O)CC2=CCCC=C2)c2ccccc21. The van der Waals surface area contributed by atoms with Crippen LogP contribution in [0.2, 0.25) is 0 Å². The molecule has 1 unspecified atom stereocenters. The van der Waals surface area contributed by atoms with E-state index < -0.39 is 0 Å². The number of nitrogens with zero attached hydrogens (tertiary/aromatic N) is 1. The second-order valence-corrected chi connectivity index (χ2v) is 7.64. The highest BCUT2D eigenvalue weighted by Crippen LogP contribution is 2.42. The van der Waals surface area contributed by atoms with Gasteiger partial charge in [-0.2, -0.15) is 0 Å². The molecular formula is C25H28N2O2. The average molecular weight is 389 g/mol. The van der Waals surface area contributed by atoms with Crippen molar-refractivity contribution in [1.29, 1.82) is 0 Å². The van der Waals surface area contributed by atoms with E-state index >= 15 is 0 Å². The molecule has 1 heterocycles. The third kappa shape index (κ3) is 4.13. The topological polar surface area (TPSA) is 41.6 Å². The predicted octanol–water partition coefficient (Wildman–Crippen LogP) is 5.20. The van der Waals surface area contributed by atoms with E-state index in [2.05, 4.69) is 59.6 Å². The fraction of sp³-hybridized carbons (Fsp3) is 0.320. The Morgan fingerprint density at radius 1 is 1.14 bits per heavy atom. The summed E-state index contributed by atoms with van der Waals surface area (Å²) in [4.78, 5) is 15.1. The molecule has 0 bridgehead atoms. The molecular weight excluding hydrogens is 360 g/mol. The molecule has 1 N–H and O–H groups in total. The number of hydrogen-bond acceptors (Lipinski definition) is 4. The highest BCUT2D eigenvalue weighted by Gasteiger charge is 2.30. The molecule has 4 nitrogen and oxygen atoms in total. The summed E-state index contributed by atoms with van der Waals surface area (Å²) in [7, 11) is 1.96. The smallest absolute Gasteiger partial charge is 0.310 e. The maximum absolute atomic E-state index is 12.8. The Morgan fingerprint density at radius 2 is 1.90 bits per heavy atom. The minimum Gasteiger partial charge on any atom is -0.457 e. The van der Waals surface area contributed by atoms with Gasteiger partial charge in [-0.1, -0.05) is 54.6 Å². The molecule has 150 valence electrons. The molecule has 2 aliphatic rings. The second-order valence-electron chi connectivity index (χ2n) is 7.64. The van der Waals surface area contributed by atoms with Gasteiger partial charge in [0, 0.05) is 23.4 Å². The van der Waals surface area contributed by atoms with E-state index in [1.165, 1.54) is 5.56 Å². The number of hydrogen-bond donors (Lipinski definition) is 1. The van der Waals surface area contributed by atoms with Crippen LogP contribution in [0.3, 0.4) is 0 Å². The lowest BCUT2D eigenvalue weighted by Crippen LogP contribution is -2.39. The summed E-state index contributed by atoms with van der Waals surface area (Å²) >= 11 is 0. The van der Waals surface area contributed by atoms with Gasteiger partial charge in [0.05, 0.1) is 12.6 Å². The van der Waals surface area contributed by atoms with Crippen molar-refractivity contribution in [3.05, 3.63) is 83.5 Å². The first-order valence-electron chi connectivity index (χ1n) is 10.4. The molecule has 2 atom stereocenters. The van der Waals surface area contributed by atoms with Gasteiger partial charge in [0.15, 0.2) is 0 Å². The van der Waals surface area contributed by atoms with Gasteiger partial charge in [0.1, 0.15) is 6.10 Å². The minimum absolute atomic E-state index is 0.101. The summed E-state index contributed by atoms with van der Waals surface area (Å²) in [5.74, 6) is -0.171. The van der Waals surface area contributed by atoms with E-state index in [0.717, 1.165) is 35.4 Å². The normalized spacial score (nSPS) is 18.9. The van der Waals surface area contributed by atoms with Gasteiger partial charge < -0.3 is 15.0 Å². The highest BCUT2D eigenvalue weighted by atomic mass is 16.5. The maximum atomic E-state index is 12.8. The lowest BCUT2D eigenvalue weighted by molar-refractivity contribution is -0.148. The van der Waals surface area contributed by atoms with E-state index in [4.69, 9.17) is 4.74 Å². The van der Waals surface area contributed by atoms with Crippen LogP contribution in [0.15, 0.2) is 72.3 Å². The van der Waals surface area contributed by atoms with E-state index in [9.17, 15) is 4.79 Å². The van der Waals surface area contributed by atoms with Crippen LogP contribution >= 0.6 is 0 Å². The van der Waals surface area contributed by atoms with Gasteiger partial charge in [-0.15, -0.1) is 0 Å². The fourth-order valence-corrected chi connectivity index (χ4v) is 4.15. The van der Waals surface area contributed by atoms with Crippen molar-refractivity contribution in [2.75, 3.05) is 11.9 Å². The van der Waals surface area contributed by atoms with Gasteiger partial charge in [-0.3, -0.25) is 4.79 Å². The summed E-state index contributed by atoms with van der Waals surface area (Å²) in [5, 5.41) is 3.36. The van der Waals surface area contributed by atoms with E-state index in [1.807, 2.05) is 31.3 Å². The summed E-state index contributed by atoms with van der Waals surface area (Å²) < 4.78 is 6.06. The molecule has 0 spiro atoms. The average Bonchev–Trinajstić information content (AvgIpc) is 2.88. The molecule has 1 aliphatic heterocycles. The van der Waals surface area contributed by atoms with Crippen molar-refractivity contribution in [1.82, 2.24) is 5.32 Å². The minimum atomic E-state index is -0.304. The van der Waals surface area contributed by atoms with Gasteiger partial charge in [-0.25, -0.2) is 0 Å². The lowest BCUT2D eigenvalue weighted by Gasteiger charge is -2.32. The van der Waals surface area contributed by atoms with Crippen molar-refractivity contribution in [3.8, 4) is 0 Å². The Kier molecular flexibility index (Phi) is 5.81. The number of benzene rings is 2. The molecule has 0 fully saturated rings. The quantitative estimate of drug-likeness (QED) is 0.715. The number of carbonyl (C=O) groups is 1. The van der Waals surface area contributed by atoms with Crippen molar-refractivity contribution < 1.29 is 9.53 Å². The van der Waals surface area contributed by atoms with Crippen molar-refractivity contribution in [2.24, 2.45) is 0 Å². The Morgan fingerprint density at radius 3 is 2.66 bits per heavy atom. The third-order valence-electron chi connectivity index (χ3n) is 5.70. The predicted molar refractivity (Wildman–Crippen MR) is 117 cm³/mol. The lowest BCUT2D eigenvalue weighted by atomic mass is 10.0. The molecule has 0 saturated heterocycles. The number of rotatable bonds is 5. The maximum Gasteiger partial charge on any atom is 0.310 e. The second kappa shape index (κ2) is 8.66. The molecule has 4 rings (SSSR count). The first-order valence-corrected chi connectivity index (χ1v) is 10.4. The largest absolute Gasteiger partial charge is 0.457 e. The zero-order valence-electron chi connectivity index (χ0n) is 17.1. The Labute approximate surface area is 172 Å². The van der Waals surface area contributed by atoms with E-state index in [0.29, 0.717) is 12.8 Å². The molecule has 1 aliphatic carbocycles. The van der Waals surface area contributed by atoms with Crippen LogP contribution in [0.25, 0.3) is 0 Å². The standard InChI is InChI=1S/C25H28N2O2/c1-18(26-2)27-22-14-8-6-12-20(22)17-24(21-13-7-9-15-23(21)27)29-25(28)16-19-10-4-3-5-11-19/h4,6-15,18,24,26H,3,5,16-17H2,1-2H3/t18?,24-/m0/s1. The number of para-hydroxylation sites is 2. The molecule has 0 saturated carbocycles. The summed E-state index contributed by atoms with van der Waals surface area (Å²) in [6.07, 6.45) is 9.13. The molecule has 2 aromatic rings. The number of carbonyl (C=O) groups excluding carboxylic acids is 1. The summed E-state index contributed by atoms with van der Waals surface area (Å²) in [5.41, 5.74) is 5.51. The number of anilines is 2. The van der Waals surface area contributed by atoms with Gasteiger partial charge >= 0.3 is 5.97 Å². The zero-order chi connectivity index (χ0) is 20.2. The zero-order valence-corrected chi connectivity index (χ0v) is 17.1. The Bertz CT molecular complexity index is 947. The summed E-state index contributed by atoms with van der Waals surface area (Å²) in [6.45, 7) is 2.14. The number of esters is 1. The van der Waals surface area contributed by atoms with Gasteiger partial charge in [0.25, 0.3) is 0 Å². The van der Waals surface area contributed by atoms with Crippen LogP contribution < -0.4 is 10.2 Å². The van der Waals surface area contributed by atoms with Crippen molar-refractivity contribution in [3.63, 3.8) is 0 Å². The molecule has 2 aromatic carbocycles. The van der Waals surface area contributed by atoms with Crippen LogP contribution in [0.1, 0.15) is 43.4 Å². The van der Waals surface area contributed by atoms with E-state index in [-0.39, 0.29) is 18.2 Å². The highest BCUT2D eigenvalue weighted by molar-refractivity contribution is 5.76. The molecule has 4 heteroatoms.